The van der Waals surface area contributed by atoms with E-state index in [1.54, 1.807) is 0 Å². The summed E-state index contributed by atoms with van der Waals surface area (Å²) in [5, 5.41) is 9.12. The van der Waals surface area contributed by atoms with Crippen LogP contribution in [0.1, 0.15) is 0 Å². The maximum Gasteiger partial charge on any atom is 0.394 e. The van der Waals surface area contributed by atoms with Crippen LogP contribution in [0, 0.1) is 11.8 Å². The molecule has 0 aromatic carbocycles. The van der Waals surface area contributed by atoms with Crippen LogP contribution in [0.3, 0.4) is 0 Å². The normalized spacial score (nSPS) is 23.7. The second kappa shape index (κ2) is 4.84. The van der Waals surface area contributed by atoms with Gasteiger partial charge in [0.15, 0.2) is 0 Å². The molecule has 1 aromatic heterocycles. The summed E-state index contributed by atoms with van der Waals surface area (Å²) in [7, 11) is 0. The van der Waals surface area contributed by atoms with E-state index in [-0.39, 0.29) is 17.5 Å². The number of anilines is 1. The van der Waals surface area contributed by atoms with Gasteiger partial charge >= 0.3 is 12.1 Å². The maximum atomic E-state index is 12.8. The summed E-state index contributed by atoms with van der Waals surface area (Å²) in [6, 6.07) is 0. The Morgan fingerprint density at radius 3 is 2.37 bits per heavy atom. The minimum Gasteiger partial charge on any atom is -0.481 e. The van der Waals surface area contributed by atoms with Crippen molar-refractivity contribution in [2.45, 2.75) is 6.18 Å². The lowest BCUT2D eigenvalue weighted by Gasteiger charge is -2.18. The maximum absolute atomic E-state index is 12.8. The predicted molar refractivity (Wildman–Crippen MR) is 59.9 cm³/mol. The van der Waals surface area contributed by atoms with Gasteiger partial charge in [0.1, 0.15) is 0 Å². The zero-order valence-electron chi connectivity index (χ0n) is 9.43. The van der Waals surface area contributed by atoms with Crippen LogP contribution in [0.25, 0.3) is 0 Å². The van der Waals surface area contributed by atoms with E-state index in [0.717, 1.165) is 0 Å². The number of aromatic nitrogens is 2. The predicted octanol–water partition coefficient (Wildman–Crippen LogP) is 1.83. The third-order valence-corrected chi connectivity index (χ3v) is 3.14. The van der Waals surface area contributed by atoms with Crippen LogP contribution >= 0.6 is 11.6 Å². The highest BCUT2D eigenvalue weighted by atomic mass is 35.5. The zero-order valence-corrected chi connectivity index (χ0v) is 10.2. The van der Waals surface area contributed by atoms with Crippen LogP contribution in [0.5, 0.6) is 0 Å². The van der Waals surface area contributed by atoms with E-state index < -0.39 is 30.5 Å². The van der Waals surface area contributed by atoms with Gasteiger partial charge in [0.25, 0.3) is 0 Å². The number of nitrogens with zero attached hydrogens (tertiary/aromatic N) is 3. The molecule has 2 heterocycles. The Hall–Kier alpha value is -1.57. The number of carboxylic acids is 1. The molecule has 0 unspecified atom stereocenters. The fourth-order valence-electron chi connectivity index (χ4n) is 2.02. The van der Waals surface area contributed by atoms with Crippen molar-refractivity contribution < 1.29 is 23.1 Å². The van der Waals surface area contributed by atoms with E-state index in [4.69, 9.17) is 16.7 Å². The molecule has 1 saturated heterocycles. The molecule has 0 bridgehead atoms. The monoisotopic (exact) mass is 295 g/mol. The highest BCUT2D eigenvalue weighted by Gasteiger charge is 2.53. The van der Waals surface area contributed by atoms with Crippen molar-refractivity contribution in [1.82, 2.24) is 9.97 Å². The fourth-order valence-corrected chi connectivity index (χ4v) is 2.12. The molecule has 5 nitrogen and oxygen atoms in total. The van der Waals surface area contributed by atoms with Crippen molar-refractivity contribution in [1.29, 1.82) is 0 Å². The van der Waals surface area contributed by atoms with Gasteiger partial charge in [0.05, 0.1) is 29.3 Å². The first kappa shape index (κ1) is 13.9. The number of carboxylic acid groups (broad SMARTS) is 1. The standard InChI is InChI=1S/C10H9ClF3N3O2/c11-5-1-15-9(16-2-5)17-3-6(8(18)19)7(4-17)10(12,13)14/h1-2,6-7H,3-4H2,(H,18,19)/t6-,7-/m0/s1. The molecule has 0 spiro atoms. The highest BCUT2D eigenvalue weighted by molar-refractivity contribution is 6.30. The molecule has 0 amide bonds. The Kier molecular flexibility index (Phi) is 3.53. The topological polar surface area (TPSA) is 66.3 Å². The molecule has 1 fully saturated rings. The molecule has 1 aromatic rings. The molecule has 2 rings (SSSR count). The Bertz CT molecular complexity index is 480. The van der Waals surface area contributed by atoms with Gasteiger partial charge in [0, 0.05) is 13.1 Å². The lowest BCUT2D eigenvalue weighted by molar-refractivity contribution is -0.187. The summed E-state index contributed by atoms with van der Waals surface area (Å²) in [6.45, 7) is -0.747. The Morgan fingerprint density at radius 1 is 1.37 bits per heavy atom. The molecular formula is C10H9ClF3N3O2. The number of hydrogen-bond acceptors (Lipinski definition) is 4. The third kappa shape index (κ3) is 2.89. The average Bonchev–Trinajstić information content (AvgIpc) is 2.74. The number of rotatable bonds is 2. The van der Waals surface area contributed by atoms with E-state index in [9.17, 15) is 18.0 Å². The van der Waals surface area contributed by atoms with E-state index in [1.807, 2.05) is 0 Å². The van der Waals surface area contributed by atoms with Crippen molar-refractivity contribution in [3.05, 3.63) is 17.4 Å². The van der Waals surface area contributed by atoms with Crippen LogP contribution < -0.4 is 4.90 Å². The summed E-state index contributed by atoms with van der Waals surface area (Å²) in [5.41, 5.74) is 0. The van der Waals surface area contributed by atoms with Gasteiger partial charge in [-0.05, 0) is 0 Å². The minimum absolute atomic E-state index is 0.0439. The first-order valence-electron chi connectivity index (χ1n) is 5.31. The number of aliphatic carboxylic acids is 1. The van der Waals surface area contributed by atoms with Gasteiger partial charge in [-0.3, -0.25) is 4.79 Å². The van der Waals surface area contributed by atoms with Gasteiger partial charge in [-0.25, -0.2) is 9.97 Å². The quantitative estimate of drug-likeness (QED) is 0.901. The lowest BCUT2D eigenvalue weighted by Crippen LogP contribution is -2.33. The van der Waals surface area contributed by atoms with Gasteiger partial charge in [-0.15, -0.1) is 0 Å². The number of halogens is 4. The highest BCUT2D eigenvalue weighted by Crippen LogP contribution is 2.38. The molecule has 19 heavy (non-hydrogen) atoms. The zero-order chi connectivity index (χ0) is 14.2. The fraction of sp³-hybridized carbons (Fsp3) is 0.500. The third-order valence-electron chi connectivity index (χ3n) is 2.95. The van der Waals surface area contributed by atoms with Crippen molar-refractivity contribution in [2.24, 2.45) is 11.8 Å². The van der Waals surface area contributed by atoms with Crippen molar-refractivity contribution >= 4 is 23.5 Å². The number of carbonyl (C=O) groups is 1. The molecule has 1 N–H and O–H groups in total. The molecule has 104 valence electrons. The second-order valence-corrected chi connectivity index (χ2v) is 4.64. The van der Waals surface area contributed by atoms with Gasteiger partial charge < -0.3 is 10.0 Å². The summed E-state index contributed by atoms with van der Waals surface area (Å²) < 4.78 is 38.3. The Morgan fingerprint density at radius 2 is 1.95 bits per heavy atom. The van der Waals surface area contributed by atoms with Crippen molar-refractivity contribution in [3.8, 4) is 0 Å². The summed E-state index contributed by atoms with van der Waals surface area (Å²) in [6.07, 6.45) is -2.06. The lowest BCUT2D eigenvalue weighted by atomic mass is 9.96. The van der Waals surface area contributed by atoms with Crippen LogP contribution in [-0.2, 0) is 4.79 Å². The SMILES string of the molecule is O=C(O)[C@H]1CN(c2ncc(Cl)cn2)C[C@@H]1C(F)(F)F. The Balaban J connectivity index is 2.23. The van der Waals surface area contributed by atoms with E-state index in [0.29, 0.717) is 0 Å². The van der Waals surface area contributed by atoms with Crippen molar-refractivity contribution in [3.63, 3.8) is 0 Å². The van der Waals surface area contributed by atoms with Crippen LogP contribution in [-0.4, -0.2) is 40.3 Å². The first-order chi connectivity index (χ1) is 8.79. The molecule has 1 aliphatic rings. The summed E-state index contributed by atoms with van der Waals surface area (Å²) >= 11 is 5.58. The smallest absolute Gasteiger partial charge is 0.394 e. The van der Waals surface area contributed by atoms with E-state index in [1.165, 1.54) is 17.3 Å². The molecule has 9 heteroatoms. The molecule has 0 radical (unpaired) electrons. The van der Waals surface area contributed by atoms with Crippen LogP contribution in [0.4, 0.5) is 19.1 Å². The molecule has 2 atom stereocenters. The first-order valence-corrected chi connectivity index (χ1v) is 5.69. The Labute approximate surface area is 111 Å². The average molecular weight is 296 g/mol. The molecular weight excluding hydrogens is 287 g/mol. The molecule has 0 aliphatic carbocycles. The van der Waals surface area contributed by atoms with Crippen LogP contribution in [0.15, 0.2) is 12.4 Å². The van der Waals surface area contributed by atoms with E-state index >= 15 is 0 Å². The minimum atomic E-state index is -4.57. The van der Waals surface area contributed by atoms with Crippen molar-refractivity contribution in [2.75, 3.05) is 18.0 Å². The largest absolute Gasteiger partial charge is 0.481 e. The van der Waals surface area contributed by atoms with E-state index in [2.05, 4.69) is 9.97 Å². The summed E-state index contributed by atoms with van der Waals surface area (Å²) in [5.74, 6) is -4.87. The number of hydrogen-bond donors (Lipinski definition) is 1. The van der Waals surface area contributed by atoms with Gasteiger partial charge in [-0.2, -0.15) is 13.2 Å². The summed E-state index contributed by atoms with van der Waals surface area (Å²) in [4.78, 5) is 19.7. The molecule has 1 aliphatic heterocycles. The van der Waals surface area contributed by atoms with Gasteiger partial charge in [0.2, 0.25) is 5.95 Å². The van der Waals surface area contributed by atoms with Gasteiger partial charge in [-0.1, -0.05) is 11.6 Å². The van der Waals surface area contributed by atoms with Crippen LogP contribution in [0.2, 0.25) is 5.02 Å². The molecule has 0 saturated carbocycles. The second-order valence-electron chi connectivity index (χ2n) is 4.20. The number of alkyl halides is 3.